The van der Waals surface area contributed by atoms with Crippen LogP contribution in [0.15, 0.2) is 42.5 Å². The molecule has 1 amide bonds. The second-order valence-corrected chi connectivity index (χ2v) is 7.80. The minimum absolute atomic E-state index is 0.0725. The van der Waals surface area contributed by atoms with Crippen LogP contribution in [0, 0.1) is 0 Å². The molecule has 124 valence electrons. The molecule has 0 radical (unpaired) electrons. The second kappa shape index (κ2) is 5.63. The molecule has 4 rings (SSSR count). The van der Waals surface area contributed by atoms with Crippen LogP contribution < -0.4 is 0 Å². The molecule has 1 aliphatic heterocycles. The van der Waals surface area contributed by atoms with Crippen molar-refractivity contribution in [3.05, 3.63) is 58.6 Å². The molecule has 2 aliphatic rings. The summed E-state index contributed by atoms with van der Waals surface area (Å²) in [5.41, 5.74) is 5.30. The molecule has 1 heterocycles. The maximum atomic E-state index is 12.1. The fourth-order valence-electron chi connectivity index (χ4n) is 4.63. The molecular weight excluding hydrogens is 318 g/mol. The molecule has 0 bridgehead atoms. The number of hydrogen-bond acceptors (Lipinski definition) is 1. The third-order valence-electron chi connectivity index (χ3n) is 6.02. The number of halogens is 1. The monoisotopic (exact) mass is 339 g/mol. The SMILES string of the molecule is CN1C(=O)CC[C@]2(C)c3ccc(-c4cccc(Cl)c4)cc3CC[C@@H]12. The van der Waals surface area contributed by atoms with Gasteiger partial charge in [0.25, 0.3) is 0 Å². The molecule has 2 atom stereocenters. The van der Waals surface area contributed by atoms with Crippen molar-refractivity contribution in [2.45, 2.75) is 44.1 Å². The summed E-state index contributed by atoms with van der Waals surface area (Å²) in [5.74, 6) is 0.288. The number of carbonyl (C=O) groups is 1. The largest absolute Gasteiger partial charge is 0.342 e. The topological polar surface area (TPSA) is 20.3 Å². The van der Waals surface area contributed by atoms with Crippen molar-refractivity contribution >= 4 is 17.5 Å². The molecule has 0 spiro atoms. The molecule has 0 aromatic heterocycles. The number of fused-ring (bicyclic) bond motifs is 3. The van der Waals surface area contributed by atoms with Gasteiger partial charge in [-0.15, -0.1) is 0 Å². The lowest BCUT2D eigenvalue weighted by Gasteiger charge is -2.50. The van der Waals surface area contributed by atoms with E-state index in [2.05, 4.69) is 31.2 Å². The Morgan fingerprint density at radius 3 is 2.71 bits per heavy atom. The van der Waals surface area contributed by atoms with Gasteiger partial charge in [0.2, 0.25) is 5.91 Å². The average molecular weight is 340 g/mol. The molecule has 0 N–H and O–H groups in total. The highest BCUT2D eigenvalue weighted by molar-refractivity contribution is 6.30. The van der Waals surface area contributed by atoms with Gasteiger partial charge in [-0.3, -0.25) is 4.79 Å². The maximum Gasteiger partial charge on any atom is 0.222 e. The molecule has 3 heteroatoms. The number of rotatable bonds is 1. The number of nitrogens with zero attached hydrogens (tertiary/aromatic N) is 1. The van der Waals surface area contributed by atoms with Gasteiger partial charge in [-0.1, -0.05) is 48.9 Å². The van der Waals surface area contributed by atoms with Crippen LogP contribution in [0.3, 0.4) is 0 Å². The number of likely N-dealkylation sites (tertiary alicyclic amines) is 1. The Balaban J connectivity index is 1.76. The Labute approximate surface area is 148 Å². The van der Waals surface area contributed by atoms with Crippen molar-refractivity contribution < 1.29 is 4.79 Å². The van der Waals surface area contributed by atoms with E-state index >= 15 is 0 Å². The maximum absolute atomic E-state index is 12.1. The highest BCUT2D eigenvalue weighted by atomic mass is 35.5. The van der Waals surface area contributed by atoms with Crippen LogP contribution in [0.25, 0.3) is 11.1 Å². The van der Waals surface area contributed by atoms with Crippen LogP contribution >= 0.6 is 11.6 Å². The van der Waals surface area contributed by atoms with Crippen molar-refractivity contribution in [2.24, 2.45) is 0 Å². The Morgan fingerprint density at radius 1 is 1.12 bits per heavy atom. The van der Waals surface area contributed by atoms with Crippen molar-refractivity contribution in [1.82, 2.24) is 4.90 Å². The van der Waals surface area contributed by atoms with E-state index in [1.165, 1.54) is 16.7 Å². The van der Waals surface area contributed by atoms with Crippen molar-refractivity contribution in [1.29, 1.82) is 0 Å². The summed E-state index contributed by atoms with van der Waals surface area (Å²) in [6.45, 7) is 2.33. The number of likely N-dealkylation sites (N-methyl/N-ethyl adjacent to an activating group) is 1. The second-order valence-electron chi connectivity index (χ2n) is 7.36. The Morgan fingerprint density at radius 2 is 1.92 bits per heavy atom. The molecule has 1 aliphatic carbocycles. The van der Waals surface area contributed by atoms with E-state index in [9.17, 15) is 4.79 Å². The molecular formula is C21H22ClNO. The van der Waals surface area contributed by atoms with Crippen LogP contribution in [0.2, 0.25) is 5.02 Å². The Kier molecular flexibility index (Phi) is 3.69. The van der Waals surface area contributed by atoms with Gasteiger partial charge < -0.3 is 4.90 Å². The fraction of sp³-hybridized carbons (Fsp3) is 0.381. The van der Waals surface area contributed by atoms with Gasteiger partial charge in [-0.05, 0) is 53.6 Å². The average Bonchev–Trinajstić information content (AvgIpc) is 2.58. The summed E-state index contributed by atoms with van der Waals surface area (Å²) in [6.07, 6.45) is 3.68. The molecule has 24 heavy (non-hydrogen) atoms. The minimum atomic E-state index is 0.0725. The summed E-state index contributed by atoms with van der Waals surface area (Å²) in [7, 11) is 1.97. The van der Waals surface area contributed by atoms with Gasteiger partial charge in [0.1, 0.15) is 0 Å². The molecule has 2 nitrogen and oxygen atoms in total. The summed E-state index contributed by atoms with van der Waals surface area (Å²) in [6, 6.07) is 15.1. The number of aryl methyl sites for hydroxylation is 1. The third kappa shape index (κ3) is 2.36. The highest BCUT2D eigenvalue weighted by Gasteiger charge is 2.46. The molecule has 2 aromatic carbocycles. The van der Waals surface area contributed by atoms with Crippen molar-refractivity contribution in [3.8, 4) is 11.1 Å². The molecule has 1 fully saturated rings. The highest BCUT2D eigenvalue weighted by Crippen LogP contribution is 2.46. The van der Waals surface area contributed by atoms with Gasteiger partial charge in [0, 0.05) is 29.9 Å². The summed E-state index contributed by atoms with van der Waals surface area (Å²) < 4.78 is 0. The molecule has 0 unspecified atom stereocenters. The standard InChI is InChI=1S/C21H22ClNO/c1-21-11-10-20(24)23(2)19(21)9-7-16-12-15(6-8-18(16)21)14-4-3-5-17(22)13-14/h3-6,8,12-13,19H,7,9-11H2,1-2H3/t19-,21-/m1/s1. The van der Waals surface area contributed by atoms with Gasteiger partial charge in [0.05, 0.1) is 0 Å². The molecule has 1 saturated heterocycles. The van der Waals surface area contributed by atoms with Crippen molar-refractivity contribution in [2.75, 3.05) is 7.05 Å². The molecule has 2 aromatic rings. The Bertz CT molecular complexity index is 815. The van der Waals surface area contributed by atoms with Crippen LogP contribution in [-0.4, -0.2) is 23.9 Å². The first kappa shape index (κ1) is 15.7. The summed E-state index contributed by atoms with van der Waals surface area (Å²) in [4.78, 5) is 14.1. The van der Waals surface area contributed by atoms with Crippen LogP contribution in [0.4, 0.5) is 0 Å². The van der Waals surface area contributed by atoms with Crippen LogP contribution in [0.1, 0.15) is 37.3 Å². The number of benzene rings is 2. The van der Waals surface area contributed by atoms with Gasteiger partial charge in [-0.25, -0.2) is 0 Å². The zero-order valence-electron chi connectivity index (χ0n) is 14.2. The van der Waals surface area contributed by atoms with E-state index in [1.54, 1.807) is 0 Å². The fourth-order valence-corrected chi connectivity index (χ4v) is 4.82. The smallest absolute Gasteiger partial charge is 0.222 e. The van der Waals surface area contributed by atoms with E-state index in [0.29, 0.717) is 12.5 Å². The third-order valence-corrected chi connectivity index (χ3v) is 6.26. The van der Waals surface area contributed by atoms with E-state index in [4.69, 9.17) is 11.6 Å². The normalized spacial score (nSPS) is 26.0. The predicted octanol–water partition coefficient (Wildman–Crippen LogP) is 4.83. The lowest BCUT2D eigenvalue weighted by Crippen LogP contribution is -2.56. The van der Waals surface area contributed by atoms with Crippen LogP contribution in [0.5, 0.6) is 0 Å². The quantitative estimate of drug-likeness (QED) is 0.728. The number of carbonyl (C=O) groups excluding carboxylic acids is 1. The molecule has 0 saturated carbocycles. The zero-order chi connectivity index (χ0) is 16.9. The lowest BCUT2D eigenvalue weighted by molar-refractivity contribution is -0.138. The van der Waals surface area contributed by atoms with Gasteiger partial charge in [0.15, 0.2) is 0 Å². The number of piperidine rings is 1. The van der Waals surface area contributed by atoms with Crippen LogP contribution in [-0.2, 0) is 16.6 Å². The van der Waals surface area contributed by atoms with Gasteiger partial charge in [-0.2, -0.15) is 0 Å². The first-order valence-electron chi connectivity index (χ1n) is 8.64. The number of amides is 1. The Hall–Kier alpha value is -1.80. The first-order valence-corrected chi connectivity index (χ1v) is 9.02. The lowest BCUT2D eigenvalue weighted by atomic mass is 9.63. The zero-order valence-corrected chi connectivity index (χ0v) is 14.9. The van der Waals surface area contributed by atoms with Gasteiger partial charge >= 0.3 is 0 Å². The van der Waals surface area contributed by atoms with E-state index in [0.717, 1.165) is 29.8 Å². The number of hydrogen-bond donors (Lipinski definition) is 0. The van der Waals surface area contributed by atoms with Crippen molar-refractivity contribution in [3.63, 3.8) is 0 Å². The summed E-state index contributed by atoms with van der Waals surface area (Å²) in [5, 5.41) is 0.768. The van der Waals surface area contributed by atoms with E-state index in [1.807, 2.05) is 30.1 Å². The minimum Gasteiger partial charge on any atom is -0.342 e. The predicted molar refractivity (Wildman–Crippen MR) is 98.4 cm³/mol. The first-order chi connectivity index (χ1) is 11.5. The summed E-state index contributed by atoms with van der Waals surface area (Å²) >= 11 is 6.14. The van der Waals surface area contributed by atoms with E-state index < -0.39 is 0 Å². The van der Waals surface area contributed by atoms with E-state index in [-0.39, 0.29) is 11.3 Å².